The van der Waals surface area contributed by atoms with Crippen molar-refractivity contribution < 1.29 is 29.0 Å². The molecule has 3 aromatic carbocycles. The number of carboxylic acids is 1. The number of amidine groups is 2. The number of nitrogens with one attached hydrogen (secondary N) is 5. The second-order valence-electron chi connectivity index (χ2n) is 8.42. The summed E-state index contributed by atoms with van der Waals surface area (Å²) >= 11 is 6.17. The highest BCUT2D eigenvalue weighted by molar-refractivity contribution is 6.31. The first kappa shape index (κ1) is 29.5. The highest BCUT2D eigenvalue weighted by atomic mass is 35.5. The first-order valence-corrected chi connectivity index (χ1v) is 12.1. The van der Waals surface area contributed by atoms with Gasteiger partial charge < -0.3 is 36.3 Å². The quantitative estimate of drug-likeness (QED) is 0.134. The van der Waals surface area contributed by atoms with Crippen molar-refractivity contribution >= 4 is 52.4 Å². The molecule has 0 radical (unpaired) electrons. The second kappa shape index (κ2) is 13.1. The summed E-state index contributed by atoms with van der Waals surface area (Å²) in [5, 5.41) is 32.7. The maximum Gasteiger partial charge on any atom is 0.341 e. The van der Waals surface area contributed by atoms with Gasteiger partial charge in [0.1, 0.15) is 5.84 Å². The number of aliphatic carboxylic acids is 1. The van der Waals surface area contributed by atoms with E-state index in [1.54, 1.807) is 36.4 Å². The number of ether oxygens (including phenoxy) is 2. The summed E-state index contributed by atoms with van der Waals surface area (Å²) in [7, 11) is 1.34. The Morgan fingerprint density at radius 2 is 1.70 bits per heavy atom. The Morgan fingerprint density at radius 3 is 2.30 bits per heavy atom. The second-order valence-corrected chi connectivity index (χ2v) is 8.85. The Kier molecular flexibility index (Phi) is 9.66. The van der Waals surface area contributed by atoms with Crippen molar-refractivity contribution in [1.82, 2.24) is 5.32 Å². The molecule has 40 heavy (non-hydrogen) atoms. The average Bonchev–Trinajstić information content (AvgIpc) is 2.90. The molecular weight excluding hydrogens is 540 g/mol. The molecule has 0 bridgehead atoms. The van der Waals surface area contributed by atoms with Crippen LogP contribution in [0.2, 0.25) is 5.02 Å². The molecule has 0 aromatic heterocycles. The topological polar surface area (TPSA) is 200 Å². The molecule has 0 fully saturated rings. The normalized spacial score (nSPS) is 10.3. The number of nitrogen functional groups attached to an aromatic ring is 1. The lowest BCUT2D eigenvalue weighted by Gasteiger charge is -2.18. The smallest absolute Gasteiger partial charge is 0.341 e. The molecule has 0 unspecified atom stereocenters. The minimum absolute atomic E-state index is 0.00871. The molecule has 0 aliphatic carbocycles. The Labute approximate surface area is 234 Å². The van der Waals surface area contributed by atoms with Crippen molar-refractivity contribution in [2.75, 3.05) is 24.4 Å². The molecule has 0 heterocycles. The van der Waals surface area contributed by atoms with Gasteiger partial charge in [-0.1, -0.05) is 11.6 Å². The number of amides is 2. The SMILES string of the molecule is COc1cc(C(=O)NC(C)=N)cc(CNc2ccc(Cl)cc2C(=O)Nc2ccc(C(=N)N)cc2)c1OCC(=O)O. The van der Waals surface area contributed by atoms with E-state index in [1.165, 1.54) is 32.2 Å². The number of methoxy groups -OCH3 is 1. The Bertz CT molecular complexity index is 1480. The fourth-order valence-corrected chi connectivity index (χ4v) is 3.77. The summed E-state index contributed by atoms with van der Waals surface area (Å²) in [5.74, 6) is -2.23. The standard InChI is InChI=1S/C27H27ClN6O6/c1-14(29)33-26(37)16-9-17(24(22(10-16)39-2)40-13-23(35)36)12-32-21-8-5-18(28)11-20(21)27(38)34-19-6-3-15(4-7-19)25(30)31/h3-11,32H,12-13H2,1-2H3,(H3,30,31)(H,34,38)(H,35,36)(H2,29,33,37). The van der Waals surface area contributed by atoms with Crippen LogP contribution in [-0.2, 0) is 11.3 Å². The molecule has 8 N–H and O–H groups in total. The van der Waals surface area contributed by atoms with Crippen molar-refractivity contribution in [3.05, 3.63) is 81.9 Å². The van der Waals surface area contributed by atoms with Crippen LogP contribution in [0.3, 0.4) is 0 Å². The molecular formula is C27H27ClN6O6. The van der Waals surface area contributed by atoms with Gasteiger partial charge in [0, 0.05) is 39.6 Å². The summed E-state index contributed by atoms with van der Waals surface area (Å²) in [6.45, 7) is 0.740. The van der Waals surface area contributed by atoms with Gasteiger partial charge in [0.15, 0.2) is 18.1 Å². The highest BCUT2D eigenvalue weighted by Gasteiger charge is 2.20. The van der Waals surface area contributed by atoms with Crippen LogP contribution in [0.1, 0.15) is 38.8 Å². The molecule has 0 spiro atoms. The Hall–Kier alpha value is -5.10. The fraction of sp³-hybridized carbons (Fsp3) is 0.148. The predicted octanol–water partition coefficient (Wildman–Crippen LogP) is 3.69. The van der Waals surface area contributed by atoms with E-state index in [0.717, 1.165) is 0 Å². The minimum Gasteiger partial charge on any atom is -0.493 e. The third-order valence-electron chi connectivity index (χ3n) is 5.40. The van der Waals surface area contributed by atoms with Crippen LogP contribution >= 0.6 is 11.6 Å². The number of anilines is 2. The predicted molar refractivity (Wildman–Crippen MR) is 151 cm³/mol. The zero-order valence-corrected chi connectivity index (χ0v) is 22.3. The molecule has 208 valence electrons. The third kappa shape index (κ3) is 7.71. The van der Waals surface area contributed by atoms with Gasteiger partial charge in [-0.05, 0) is 61.5 Å². The molecule has 0 saturated heterocycles. The molecule has 12 nitrogen and oxygen atoms in total. The average molecular weight is 567 g/mol. The number of carbonyl (C=O) groups is 3. The van der Waals surface area contributed by atoms with E-state index in [0.29, 0.717) is 27.5 Å². The van der Waals surface area contributed by atoms with Gasteiger partial charge >= 0.3 is 5.97 Å². The summed E-state index contributed by atoms with van der Waals surface area (Å²) in [6.07, 6.45) is 0. The van der Waals surface area contributed by atoms with E-state index in [-0.39, 0.29) is 40.8 Å². The van der Waals surface area contributed by atoms with Crippen molar-refractivity contribution in [1.29, 1.82) is 10.8 Å². The number of hydrogen-bond acceptors (Lipinski definition) is 8. The van der Waals surface area contributed by atoms with Gasteiger partial charge in [-0.3, -0.25) is 20.4 Å². The van der Waals surface area contributed by atoms with E-state index >= 15 is 0 Å². The lowest BCUT2D eigenvalue weighted by molar-refractivity contribution is -0.139. The number of halogens is 1. The van der Waals surface area contributed by atoms with E-state index in [2.05, 4.69) is 16.0 Å². The summed E-state index contributed by atoms with van der Waals surface area (Å²) < 4.78 is 10.8. The molecule has 0 aliphatic heterocycles. The third-order valence-corrected chi connectivity index (χ3v) is 5.64. The van der Waals surface area contributed by atoms with Gasteiger partial charge in [-0.15, -0.1) is 0 Å². The number of rotatable bonds is 11. The molecule has 0 aliphatic rings. The number of carbonyl (C=O) groups excluding carboxylic acids is 2. The maximum absolute atomic E-state index is 13.1. The Balaban J connectivity index is 1.93. The molecule has 3 aromatic rings. The number of carboxylic acid groups (broad SMARTS) is 1. The van der Waals surface area contributed by atoms with Crippen LogP contribution in [-0.4, -0.2) is 48.3 Å². The van der Waals surface area contributed by atoms with Crippen LogP contribution in [0.5, 0.6) is 11.5 Å². The number of hydrogen-bond donors (Lipinski definition) is 7. The van der Waals surface area contributed by atoms with Crippen molar-refractivity contribution in [2.45, 2.75) is 13.5 Å². The van der Waals surface area contributed by atoms with E-state index in [4.69, 9.17) is 42.7 Å². The summed E-state index contributed by atoms with van der Waals surface area (Å²) in [5.41, 5.74) is 7.54. The summed E-state index contributed by atoms with van der Waals surface area (Å²) in [6, 6.07) is 13.9. The van der Waals surface area contributed by atoms with Crippen LogP contribution in [0.15, 0.2) is 54.6 Å². The maximum atomic E-state index is 13.1. The molecule has 0 atom stereocenters. The van der Waals surface area contributed by atoms with Crippen molar-refractivity contribution in [3.8, 4) is 11.5 Å². The Morgan fingerprint density at radius 1 is 1.00 bits per heavy atom. The van der Waals surface area contributed by atoms with Gasteiger partial charge in [0.2, 0.25) is 0 Å². The van der Waals surface area contributed by atoms with E-state index in [9.17, 15) is 14.4 Å². The zero-order chi connectivity index (χ0) is 29.4. The van der Waals surface area contributed by atoms with Gasteiger partial charge in [0.25, 0.3) is 11.8 Å². The first-order chi connectivity index (χ1) is 19.0. The van der Waals surface area contributed by atoms with E-state index in [1.807, 2.05) is 0 Å². The lowest BCUT2D eigenvalue weighted by atomic mass is 10.1. The summed E-state index contributed by atoms with van der Waals surface area (Å²) in [4.78, 5) is 36.9. The van der Waals surface area contributed by atoms with Crippen molar-refractivity contribution in [3.63, 3.8) is 0 Å². The van der Waals surface area contributed by atoms with E-state index < -0.39 is 24.4 Å². The largest absolute Gasteiger partial charge is 0.493 e. The van der Waals surface area contributed by atoms with Crippen LogP contribution in [0, 0.1) is 10.8 Å². The van der Waals surface area contributed by atoms with Crippen LogP contribution in [0.4, 0.5) is 11.4 Å². The van der Waals surface area contributed by atoms with Gasteiger partial charge in [-0.2, -0.15) is 0 Å². The van der Waals surface area contributed by atoms with Crippen LogP contribution in [0.25, 0.3) is 0 Å². The number of benzene rings is 3. The minimum atomic E-state index is -1.21. The first-order valence-electron chi connectivity index (χ1n) is 11.7. The number of nitrogens with two attached hydrogens (primary N) is 1. The highest BCUT2D eigenvalue weighted by Crippen LogP contribution is 2.34. The van der Waals surface area contributed by atoms with Gasteiger partial charge in [-0.25, -0.2) is 4.79 Å². The monoisotopic (exact) mass is 566 g/mol. The molecule has 2 amide bonds. The fourth-order valence-electron chi connectivity index (χ4n) is 3.59. The van der Waals surface area contributed by atoms with Crippen LogP contribution < -0.4 is 31.2 Å². The molecule has 0 saturated carbocycles. The lowest BCUT2D eigenvalue weighted by Crippen LogP contribution is -2.27. The van der Waals surface area contributed by atoms with Crippen molar-refractivity contribution in [2.24, 2.45) is 5.73 Å². The zero-order valence-electron chi connectivity index (χ0n) is 21.6. The molecule has 3 rings (SSSR count). The molecule has 13 heteroatoms. The van der Waals surface area contributed by atoms with Gasteiger partial charge in [0.05, 0.1) is 18.5 Å².